The number of aromatic nitrogens is 4. The minimum atomic E-state index is -1.06. The number of amides is 1. The molecule has 0 spiro atoms. The predicted octanol–water partition coefficient (Wildman–Crippen LogP) is 4.06. The number of carbonyl (C=O) groups excluding carboxylic acids is 2. The van der Waals surface area contributed by atoms with E-state index in [1.54, 1.807) is 43.8 Å². The molecule has 224 valence electrons. The molecule has 4 heterocycles. The number of carbonyl (C=O) groups is 2. The number of allylic oxidation sites excluding steroid dienone is 1. The van der Waals surface area contributed by atoms with Crippen LogP contribution in [0.4, 0.5) is 17.5 Å². The van der Waals surface area contributed by atoms with Gasteiger partial charge in [0.05, 0.1) is 41.7 Å². The molecule has 2 N–H and O–H groups in total. The van der Waals surface area contributed by atoms with Gasteiger partial charge in [-0.3, -0.25) is 13.8 Å². The second kappa shape index (κ2) is 12.2. The van der Waals surface area contributed by atoms with E-state index in [0.29, 0.717) is 35.1 Å². The van der Waals surface area contributed by atoms with Gasteiger partial charge < -0.3 is 20.3 Å². The summed E-state index contributed by atoms with van der Waals surface area (Å²) in [4.78, 5) is 46.4. The number of nitrogens with one attached hydrogen (secondary N) is 2. The SMILES string of the molecule is COc1ccc(C(=O)/C=C/C(=O)Nc2cnc(C3CCN(c4nc5c(c(NC6(C)CCC6)n4)[S@](=O)CC5)CC3)nc2)cc1. The summed E-state index contributed by atoms with van der Waals surface area (Å²) in [6, 6.07) is 6.68. The van der Waals surface area contributed by atoms with Crippen molar-refractivity contribution in [1.82, 2.24) is 19.9 Å². The van der Waals surface area contributed by atoms with Crippen molar-refractivity contribution in [1.29, 1.82) is 0 Å². The fourth-order valence-corrected chi connectivity index (χ4v) is 6.97. The number of ketones is 1. The van der Waals surface area contributed by atoms with Gasteiger partial charge in [0.25, 0.3) is 0 Å². The molecule has 2 aliphatic heterocycles. The van der Waals surface area contributed by atoms with Gasteiger partial charge in [-0.1, -0.05) is 0 Å². The molecule has 1 aliphatic carbocycles. The van der Waals surface area contributed by atoms with Crippen LogP contribution in [0.5, 0.6) is 5.75 Å². The second-order valence-electron chi connectivity index (χ2n) is 11.5. The van der Waals surface area contributed by atoms with Gasteiger partial charge in [-0.05, 0) is 69.4 Å². The molecule has 11 nitrogen and oxygen atoms in total. The number of hydrogen-bond acceptors (Lipinski definition) is 10. The molecule has 12 heteroatoms. The van der Waals surface area contributed by atoms with Crippen LogP contribution in [0.2, 0.25) is 0 Å². The van der Waals surface area contributed by atoms with Crippen LogP contribution in [0.1, 0.15) is 66.8 Å². The number of anilines is 3. The fraction of sp³-hybridized carbons (Fsp3) is 0.419. The molecular formula is C31H35N7O4S. The molecule has 0 radical (unpaired) electrons. The van der Waals surface area contributed by atoms with E-state index in [4.69, 9.17) is 14.7 Å². The van der Waals surface area contributed by atoms with Crippen LogP contribution in [0.3, 0.4) is 0 Å². The molecule has 0 unspecified atom stereocenters. The van der Waals surface area contributed by atoms with Gasteiger partial charge in [0.15, 0.2) is 5.78 Å². The third-order valence-electron chi connectivity index (χ3n) is 8.40. The summed E-state index contributed by atoms with van der Waals surface area (Å²) in [5.74, 6) is 2.87. The number of aryl methyl sites for hydroxylation is 1. The Balaban J connectivity index is 1.04. The Morgan fingerprint density at radius 3 is 2.44 bits per heavy atom. The molecule has 1 amide bonds. The van der Waals surface area contributed by atoms with Gasteiger partial charge in [0.2, 0.25) is 11.9 Å². The molecule has 1 saturated heterocycles. The van der Waals surface area contributed by atoms with Crippen LogP contribution in [0, 0.1) is 0 Å². The zero-order chi connectivity index (χ0) is 30.0. The van der Waals surface area contributed by atoms with Crippen LogP contribution in [-0.4, -0.2) is 67.3 Å². The van der Waals surface area contributed by atoms with Gasteiger partial charge in [0.1, 0.15) is 22.3 Å². The van der Waals surface area contributed by atoms with Crippen molar-refractivity contribution in [2.45, 2.75) is 61.8 Å². The summed E-state index contributed by atoms with van der Waals surface area (Å²) in [5.41, 5.74) is 1.82. The molecule has 2 aromatic heterocycles. The summed E-state index contributed by atoms with van der Waals surface area (Å²) in [7, 11) is 0.501. The summed E-state index contributed by atoms with van der Waals surface area (Å²) in [6.07, 6.45) is 11.4. The lowest BCUT2D eigenvalue weighted by atomic mass is 9.78. The van der Waals surface area contributed by atoms with E-state index < -0.39 is 16.7 Å². The number of fused-ring (bicyclic) bond motifs is 1. The zero-order valence-corrected chi connectivity index (χ0v) is 25.2. The van der Waals surface area contributed by atoms with E-state index >= 15 is 0 Å². The van der Waals surface area contributed by atoms with Gasteiger partial charge >= 0.3 is 0 Å². The molecule has 2 fully saturated rings. The largest absolute Gasteiger partial charge is 0.497 e. The number of ether oxygens (including phenoxy) is 1. The van der Waals surface area contributed by atoms with Crippen LogP contribution in [-0.2, 0) is 22.0 Å². The van der Waals surface area contributed by atoms with Crippen molar-refractivity contribution in [2.75, 3.05) is 41.5 Å². The highest BCUT2D eigenvalue weighted by Crippen LogP contribution is 2.38. The van der Waals surface area contributed by atoms with E-state index in [1.165, 1.54) is 18.6 Å². The maximum atomic E-state index is 12.7. The maximum Gasteiger partial charge on any atom is 0.248 e. The number of benzene rings is 1. The number of methoxy groups -OCH3 is 1. The van der Waals surface area contributed by atoms with E-state index in [9.17, 15) is 13.8 Å². The monoisotopic (exact) mass is 601 g/mol. The topological polar surface area (TPSA) is 139 Å². The molecule has 3 aromatic rings. The van der Waals surface area contributed by atoms with Crippen molar-refractivity contribution in [3.8, 4) is 5.75 Å². The minimum Gasteiger partial charge on any atom is -0.497 e. The van der Waals surface area contributed by atoms with Crippen molar-refractivity contribution < 1.29 is 18.5 Å². The lowest BCUT2D eigenvalue weighted by Gasteiger charge is -2.40. The molecular weight excluding hydrogens is 566 g/mol. The molecule has 1 saturated carbocycles. The number of rotatable bonds is 9. The molecule has 0 bridgehead atoms. The Hall–Kier alpha value is -4.19. The van der Waals surface area contributed by atoms with E-state index in [-0.39, 0.29) is 17.2 Å². The quantitative estimate of drug-likeness (QED) is 0.273. The van der Waals surface area contributed by atoms with E-state index in [2.05, 4.69) is 32.4 Å². The Morgan fingerprint density at radius 2 is 1.79 bits per heavy atom. The summed E-state index contributed by atoms with van der Waals surface area (Å²) in [5, 5.41) is 6.30. The first kappa shape index (κ1) is 28.9. The molecule has 3 aliphatic rings. The summed E-state index contributed by atoms with van der Waals surface area (Å²) >= 11 is 0. The first-order valence-electron chi connectivity index (χ1n) is 14.6. The third-order valence-corrected chi connectivity index (χ3v) is 9.86. The Morgan fingerprint density at radius 1 is 1.07 bits per heavy atom. The van der Waals surface area contributed by atoms with Crippen LogP contribution >= 0.6 is 0 Å². The fourth-order valence-electron chi connectivity index (χ4n) is 5.67. The van der Waals surface area contributed by atoms with Crippen molar-refractivity contribution in [3.05, 3.63) is 65.9 Å². The smallest absolute Gasteiger partial charge is 0.248 e. The number of piperidine rings is 1. The number of nitrogens with zero attached hydrogens (tertiary/aromatic N) is 5. The summed E-state index contributed by atoms with van der Waals surface area (Å²) < 4.78 is 17.8. The lowest BCUT2D eigenvalue weighted by molar-refractivity contribution is -0.111. The third kappa shape index (κ3) is 6.43. The van der Waals surface area contributed by atoms with Crippen LogP contribution in [0.25, 0.3) is 0 Å². The molecule has 43 heavy (non-hydrogen) atoms. The Kier molecular flexibility index (Phi) is 8.20. The van der Waals surface area contributed by atoms with Crippen molar-refractivity contribution in [3.63, 3.8) is 0 Å². The van der Waals surface area contributed by atoms with E-state index in [1.807, 2.05) is 0 Å². The Labute approximate surface area is 253 Å². The second-order valence-corrected chi connectivity index (χ2v) is 13.0. The van der Waals surface area contributed by atoms with Gasteiger partial charge in [0, 0.05) is 48.4 Å². The van der Waals surface area contributed by atoms with Crippen molar-refractivity contribution >= 4 is 39.9 Å². The maximum absolute atomic E-state index is 12.7. The molecule has 1 atom stereocenters. The Bertz CT molecular complexity index is 1560. The van der Waals surface area contributed by atoms with E-state index in [0.717, 1.165) is 61.0 Å². The highest BCUT2D eigenvalue weighted by molar-refractivity contribution is 7.85. The van der Waals surface area contributed by atoms with Crippen LogP contribution in [0.15, 0.2) is 53.7 Å². The van der Waals surface area contributed by atoms with Crippen LogP contribution < -0.4 is 20.3 Å². The highest BCUT2D eigenvalue weighted by Gasteiger charge is 2.36. The minimum absolute atomic E-state index is 0.00706. The zero-order valence-electron chi connectivity index (χ0n) is 24.3. The highest BCUT2D eigenvalue weighted by atomic mass is 32.2. The predicted molar refractivity (Wildman–Crippen MR) is 164 cm³/mol. The lowest BCUT2D eigenvalue weighted by Crippen LogP contribution is -2.42. The average molecular weight is 602 g/mol. The first-order valence-corrected chi connectivity index (χ1v) is 15.9. The van der Waals surface area contributed by atoms with Gasteiger partial charge in [-0.15, -0.1) is 0 Å². The molecule has 1 aromatic carbocycles. The normalized spacial score (nSPS) is 19.5. The van der Waals surface area contributed by atoms with Gasteiger partial charge in [-0.25, -0.2) is 15.0 Å². The average Bonchev–Trinajstić information content (AvgIpc) is 3.40. The number of hydrogen-bond donors (Lipinski definition) is 2. The van der Waals surface area contributed by atoms with Gasteiger partial charge in [-0.2, -0.15) is 4.98 Å². The standard InChI is InChI=1S/C31H35N7O4S/c1-31(13-3-14-31)37-29-27-24(12-17-43(27)41)35-30(36-29)38-15-10-21(11-16-38)28-32-18-22(19-33-28)34-26(40)9-8-25(39)20-4-6-23(42-2)7-5-20/h4-9,18-19,21H,3,10-17H2,1-2H3,(H,34,40)(H,35,36,37)/b9-8+/t43-/m1/s1. The first-order chi connectivity index (χ1) is 20.8. The molecule has 6 rings (SSSR count). The summed E-state index contributed by atoms with van der Waals surface area (Å²) in [6.45, 7) is 3.72. The van der Waals surface area contributed by atoms with Crippen molar-refractivity contribution in [2.24, 2.45) is 0 Å².